The SMILES string of the molecule is COC(=O)[C@@H](Cc1ccc2ccccc2c1)NC(=O)N(c1ccccc1)c1ccccc1. The van der Waals surface area contributed by atoms with E-state index in [1.165, 1.54) is 7.11 Å². The number of esters is 1. The van der Waals surface area contributed by atoms with Gasteiger partial charge < -0.3 is 10.1 Å². The normalized spacial score (nSPS) is 11.5. The van der Waals surface area contributed by atoms with Crippen LogP contribution in [0, 0.1) is 0 Å². The Morgan fingerprint density at radius 2 is 1.34 bits per heavy atom. The molecule has 0 aliphatic carbocycles. The number of anilines is 2. The Balaban J connectivity index is 1.61. The third-order valence-corrected chi connectivity index (χ3v) is 5.27. The Bertz CT molecular complexity index is 1170. The second-order valence-electron chi connectivity index (χ2n) is 7.42. The lowest BCUT2D eigenvalue weighted by Crippen LogP contribution is -2.48. The van der Waals surface area contributed by atoms with Crippen LogP contribution in [0.2, 0.25) is 0 Å². The van der Waals surface area contributed by atoms with E-state index in [-0.39, 0.29) is 0 Å². The first-order chi connectivity index (χ1) is 15.7. The highest BCUT2D eigenvalue weighted by atomic mass is 16.5. The average molecular weight is 425 g/mol. The van der Waals surface area contributed by atoms with Crippen molar-refractivity contribution >= 4 is 34.1 Å². The molecule has 0 aliphatic heterocycles. The maximum atomic E-state index is 13.4. The maximum Gasteiger partial charge on any atom is 0.328 e. The van der Waals surface area contributed by atoms with Gasteiger partial charge in [0, 0.05) is 6.42 Å². The Labute approximate surface area is 187 Å². The van der Waals surface area contributed by atoms with Crippen LogP contribution >= 0.6 is 0 Å². The molecule has 1 N–H and O–H groups in total. The first-order valence-electron chi connectivity index (χ1n) is 10.4. The van der Waals surface area contributed by atoms with E-state index in [0.717, 1.165) is 16.3 Å². The Morgan fingerprint density at radius 3 is 1.94 bits per heavy atom. The molecule has 4 rings (SSSR count). The topological polar surface area (TPSA) is 58.6 Å². The summed E-state index contributed by atoms with van der Waals surface area (Å²) in [5.41, 5.74) is 2.33. The van der Waals surface area contributed by atoms with Crippen LogP contribution in [0.25, 0.3) is 10.8 Å². The molecule has 0 spiro atoms. The number of nitrogens with one attached hydrogen (secondary N) is 1. The predicted octanol–water partition coefficient (Wildman–Crippen LogP) is 5.47. The molecule has 5 nitrogen and oxygen atoms in total. The molecule has 0 radical (unpaired) electrons. The number of urea groups is 1. The summed E-state index contributed by atoms with van der Waals surface area (Å²) < 4.78 is 4.99. The summed E-state index contributed by atoms with van der Waals surface area (Å²) in [7, 11) is 1.33. The van der Waals surface area contributed by atoms with Crippen molar-refractivity contribution in [3.05, 3.63) is 109 Å². The first-order valence-corrected chi connectivity index (χ1v) is 10.4. The summed E-state index contributed by atoms with van der Waals surface area (Å²) in [6, 6.07) is 31.5. The number of hydrogen-bond donors (Lipinski definition) is 1. The molecule has 0 aromatic heterocycles. The van der Waals surface area contributed by atoms with Crippen LogP contribution in [-0.2, 0) is 16.0 Å². The van der Waals surface area contributed by atoms with E-state index in [4.69, 9.17) is 4.74 Å². The number of methoxy groups -OCH3 is 1. The van der Waals surface area contributed by atoms with E-state index in [9.17, 15) is 9.59 Å². The summed E-state index contributed by atoms with van der Waals surface area (Å²) in [5.74, 6) is -0.493. The maximum absolute atomic E-state index is 13.4. The quantitative estimate of drug-likeness (QED) is 0.418. The van der Waals surface area contributed by atoms with Gasteiger partial charge in [0.15, 0.2) is 0 Å². The summed E-state index contributed by atoms with van der Waals surface area (Å²) in [6.07, 6.45) is 0.320. The largest absolute Gasteiger partial charge is 0.467 e. The molecule has 0 bridgehead atoms. The monoisotopic (exact) mass is 424 g/mol. The van der Waals surface area contributed by atoms with E-state index < -0.39 is 18.0 Å². The molecule has 0 fully saturated rings. The fraction of sp³-hybridized carbons (Fsp3) is 0.111. The van der Waals surface area contributed by atoms with Crippen LogP contribution in [0.15, 0.2) is 103 Å². The molecular weight excluding hydrogens is 400 g/mol. The van der Waals surface area contributed by atoms with Gasteiger partial charge in [0.25, 0.3) is 0 Å². The Kier molecular flexibility index (Phi) is 6.46. The smallest absolute Gasteiger partial charge is 0.328 e. The number of amides is 2. The second kappa shape index (κ2) is 9.79. The summed E-state index contributed by atoms with van der Waals surface area (Å²) in [4.78, 5) is 27.5. The van der Waals surface area contributed by atoms with Gasteiger partial charge in [-0.2, -0.15) is 0 Å². The van der Waals surface area contributed by atoms with Crippen molar-refractivity contribution in [2.75, 3.05) is 12.0 Å². The fourth-order valence-corrected chi connectivity index (χ4v) is 3.69. The van der Waals surface area contributed by atoms with Gasteiger partial charge >= 0.3 is 12.0 Å². The molecule has 0 heterocycles. The first kappa shape index (κ1) is 21.1. The van der Waals surface area contributed by atoms with Gasteiger partial charge in [-0.3, -0.25) is 4.90 Å². The number of carbonyl (C=O) groups is 2. The number of benzene rings is 4. The second-order valence-corrected chi connectivity index (χ2v) is 7.42. The zero-order valence-corrected chi connectivity index (χ0v) is 17.8. The van der Waals surface area contributed by atoms with Gasteiger partial charge in [0.2, 0.25) is 0 Å². The standard InChI is InChI=1S/C27H24N2O3/c1-32-26(30)25(19-20-16-17-21-10-8-9-11-22(21)18-20)28-27(31)29(23-12-4-2-5-13-23)24-14-6-3-7-15-24/h2-18,25H,19H2,1H3,(H,28,31)/t25-/m1/s1. The van der Waals surface area contributed by atoms with Crippen LogP contribution in [0.5, 0.6) is 0 Å². The molecule has 5 heteroatoms. The third-order valence-electron chi connectivity index (χ3n) is 5.27. The summed E-state index contributed by atoms with van der Waals surface area (Å²) in [5, 5.41) is 5.07. The van der Waals surface area contributed by atoms with E-state index >= 15 is 0 Å². The minimum Gasteiger partial charge on any atom is -0.467 e. The van der Waals surface area contributed by atoms with Crippen molar-refractivity contribution in [1.29, 1.82) is 0 Å². The molecule has 4 aromatic rings. The zero-order valence-electron chi connectivity index (χ0n) is 17.8. The highest BCUT2D eigenvalue weighted by molar-refractivity contribution is 6.01. The number of hydrogen-bond acceptors (Lipinski definition) is 3. The Morgan fingerprint density at radius 1 is 0.781 bits per heavy atom. The average Bonchev–Trinajstić information content (AvgIpc) is 2.84. The van der Waals surface area contributed by atoms with Crippen molar-refractivity contribution in [2.24, 2.45) is 0 Å². The minimum atomic E-state index is -0.830. The molecule has 0 unspecified atom stereocenters. The summed E-state index contributed by atoms with van der Waals surface area (Å²) in [6.45, 7) is 0. The highest BCUT2D eigenvalue weighted by Crippen LogP contribution is 2.25. The van der Waals surface area contributed by atoms with Crippen molar-refractivity contribution in [1.82, 2.24) is 5.32 Å². The van der Waals surface area contributed by atoms with Crippen LogP contribution in [-0.4, -0.2) is 25.2 Å². The van der Waals surface area contributed by atoms with Crippen molar-refractivity contribution in [3.8, 4) is 0 Å². The predicted molar refractivity (Wildman–Crippen MR) is 127 cm³/mol. The Hall–Kier alpha value is -4.12. The molecule has 1 atom stereocenters. The lowest BCUT2D eigenvalue weighted by atomic mass is 10.0. The highest BCUT2D eigenvalue weighted by Gasteiger charge is 2.26. The number of nitrogens with zero attached hydrogens (tertiary/aromatic N) is 1. The minimum absolute atomic E-state index is 0.320. The van der Waals surface area contributed by atoms with Crippen LogP contribution in [0.1, 0.15) is 5.56 Å². The molecule has 4 aromatic carbocycles. The van der Waals surface area contributed by atoms with Crippen molar-refractivity contribution in [2.45, 2.75) is 12.5 Å². The molecule has 160 valence electrons. The van der Waals surface area contributed by atoms with E-state index in [0.29, 0.717) is 17.8 Å². The van der Waals surface area contributed by atoms with Crippen LogP contribution in [0.3, 0.4) is 0 Å². The van der Waals surface area contributed by atoms with Gasteiger partial charge in [-0.05, 0) is 40.6 Å². The van der Waals surface area contributed by atoms with Crippen LogP contribution < -0.4 is 10.2 Å². The molecule has 0 saturated carbocycles. The molecule has 2 amide bonds. The van der Waals surface area contributed by atoms with E-state index in [1.807, 2.05) is 103 Å². The van der Waals surface area contributed by atoms with Crippen molar-refractivity contribution in [3.63, 3.8) is 0 Å². The number of para-hydroxylation sites is 2. The third kappa shape index (κ3) is 4.78. The summed E-state index contributed by atoms with van der Waals surface area (Å²) >= 11 is 0. The van der Waals surface area contributed by atoms with E-state index in [2.05, 4.69) is 5.32 Å². The number of carbonyl (C=O) groups excluding carboxylic acids is 2. The van der Waals surface area contributed by atoms with Gasteiger partial charge in [0.05, 0.1) is 18.5 Å². The number of ether oxygens (including phenoxy) is 1. The number of fused-ring (bicyclic) bond motifs is 1. The van der Waals surface area contributed by atoms with Gasteiger partial charge in [-0.25, -0.2) is 9.59 Å². The molecule has 0 aliphatic rings. The van der Waals surface area contributed by atoms with Gasteiger partial charge in [-0.15, -0.1) is 0 Å². The van der Waals surface area contributed by atoms with Gasteiger partial charge in [0.1, 0.15) is 6.04 Å². The zero-order chi connectivity index (χ0) is 22.3. The lowest BCUT2D eigenvalue weighted by molar-refractivity contribution is -0.142. The molecule has 0 saturated heterocycles. The van der Waals surface area contributed by atoms with Gasteiger partial charge in [-0.1, -0.05) is 78.9 Å². The van der Waals surface area contributed by atoms with Crippen LogP contribution in [0.4, 0.5) is 16.2 Å². The fourth-order valence-electron chi connectivity index (χ4n) is 3.69. The van der Waals surface area contributed by atoms with E-state index in [1.54, 1.807) is 4.90 Å². The van der Waals surface area contributed by atoms with Crippen molar-refractivity contribution < 1.29 is 14.3 Å². The lowest BCUT2D eigenvalue weighted by Gasteiger charge is -2.26. The molecular formula is C27H24N2O3. The molecule has 32 heavy (non-hydrogen) atoms. The number of rotatable bonds is 6.